The van der Waals surface area contributed by atoms with Crippen molar-refractivity contribution in [2.45, 2.75) is 6.54 Å². The highest BCUT2D eigenvalue weighted by Gasteiger charge is 2.19. The molecule has 0 bridgehead atoms. The summed E-state index contributed by atoms with van der Waals surface area (Å²) in [4.78, 5) is 25.7. The lowest BCUT2D eigenvalue weighted by molar-refractivity contribution is 0.0775. The first-order valence-electron chi connectivity index (χ1n) is 9.08. The monoisotopic (exact) mass is 365 g/mol. The first kappa shape index (κ1) is 17.5. The molecule has 1 amide bonds. The third-order valence-corrected chi connectivity index (χ3v) is 4.94. The van der Waals surface area contributed by atoms with Crippen molar-refractivity contribution in [3.05, 3.63) is 54.1 Å². The van der Waals surface area contributed by atoms with Crippen LogP contribution in [0.3, 0.4) is 0 Å². The third-order valence-electron chi connectivity index (χ3n) is 4.94. The van der Waals surface area contributed by atoms with E-state index < -0.39 is 0 Å². The van der Waals surface area contributed by atoms with E-state index in [-0.39, 0.29) is 5.91 Å². The quantitative estimate of drug-likeness (QED) is 0.708. The number of rotatable bonds is 4. The summed E-state index contributed by atoms with van der Waals surface area (Å²) < 4.78 is 7.42. The lowest BCUT2D eigenvalue weighted by Gasteiger charge is -2.29. The summed E-state index contributed by atoms with van der Waals surface area (Å²) in [6, 6.07) is 11.8. The van der Waals surface area contributed by atoms with Gasteiger partial charge in [0, 0.05) is 39.1 Å². The van der Waals surface area contributed by atoms with Crippen LogP contribution in [0.1, 0.15) is 16.3 Å². The van der Waals surface area contributed by atoms with Crippen LogP contribution in [0.5, 0.6) is 0 Å². The Bertz CT molecular complexity index is 962. The molecule has 4 rings (SSSR count). The number of imidazole rings is 1. The average molecular weight is 365 g/mol. The van der Waals surface area contributed by atoms with Gasteiger partial charge in [0.2, 0.25) is 0 Å². The second-order valence-corrected chi connectivity index (χ2v) is 6.74. The van der Waals surface area contributed by atoms with Crippen molar-refractivity contribution in [3.63, 3.8) is 0 Å². The van der Waals surface area contributed by atoms with E-state index in [0.29, 0.717) is 25.5 Å². The number of benzene rings is 1. The molecule has 1 aliphatic rings. The number of morpholine rings is 1. The molecule has 140 valence electrons. The average Bonchev–Trinajstić information content (AvgIpc) is 3.04. The van der Waals surface area contributed by atoms with E-state index in [9.17, 15) is 4.79 Å². The Morgan fingerprint density at radius 3 is 2.78 bits per heavy atom. The predicted molar refractivity (Wildman–Crippen MR) is 104 cm³/mol. The number of amides is 1. The van der Waals surface area contributed by atoms with Gasteiger partial charge in [-0.25, -0.2) is 4.98 Å². The Kier molecular flexibility index (Phi) is 4.77. The number of fused-ring (bicyclic) bond motifs is 1. The molecule has 0 aliphatic carbocycles. The fourth-order valence-electron chi connectivity index (χ4n) is 3.37. The molecule has 0 unspecified atom stereocenters. The summed E-state index contributed by atoms with van der Waals surface area (Å²) in [5.41, 5.74) is 3.44. The van der Waals surface area contributed by atoms with Crippen LogP contribution >= 0.6 is 0 Å². The summed E-state index contributed by atoms with van der Waals surface area (Å²) in [6.45, 7) is 3.49. The molecular weight excluding hydrogens is 342 g/mol. The Balaban J connectivity index is 1.52. The first-order valence-corrected chi connectivity index (χ1v) is 9.08. The van der Waals surface area contributed by atoms with Crippen molar-refractivity contribution in [1.82, 2.24) is 19.4 Å². The number of hydrogen-bond donors (Lipinski definition) is 0. The Morgan fingerprint density at radius 1 is 1.22 bits per heavy atom. The van der Waals surface area contributed by atoms with Gasteiger partial charge in [-0.2, -0.15) is 0 Å². The minimum atomic E-state index is -0.114. The van der Waals surface area contributed by atoms with Gasteiger partial charge in [-0.3, -0.25) is 9.78 Å². The minimum Gasteiger partial charge on any atom is -0.378 e. The number of para-hydroxylation sites is 2. The second kappa shape index (κ2) is 7.36. The smallest absolute Gasteiger partial charge is 0.272 e. The van der Waals surface area contributed by atoms with Crippen molar-refractivity contribution in [2.24, 2.45) is 7.05 Å². The zero-order valence-electron chi connectivity index (χ0n) is 15.6. The second-order valence-electron chi connectivity index (χ2n) is 6.74. The maximum atomic E-state index is 12.9. The fourth-order valence-corrected chi connectivity index (χ4v) is 3.37. The van der Waals surface area contributed by atoms with Crippen LogP contribution in [0, 0.1) is 0 Å². The van der Waals surface area contributed by atoms with Crippen LogP contribution in [0.15, 0.2) is 42.6 Å². The molecule has 7 heteroatoms. The van der Waals surface area contributed by atoms with Gasteiger partial charge < -0.3 is 19.1 Å². The third kappa shape index (κ3) is 3.50. The largest absolute Gasteiger partial charge is 0.378 e. The van der Waals surface area contributed by atoms with Crippen LogP contribution < -0.4 is 4.90 Å². The molecule has 1 aromatic carbocycles. The number of pyridine rings is 1. The van der Waals surface area contributed by atoms with Crippen molar-refractivity contribution in [1.29, 1.82) is 0 Å². The molecule has 0 radical (unpaired) electrons. The lowest BCUT2D eigenvalue weighted by Crippen LogP contribution is -2.36. The zero-order valence-corrected chi connectivity index (χ0v) is 15.6. The number of carbonyl (C=O) groups excluding carboxylic acids is 1. The van der Waals surface area contributed by atoms with Crippen LogP contribution in [-0.2, 0) is 18.3 Å². The summed E-state index contributed by atoms with van der Waals surface area (Å²) in [5, 5.41) is 0. The molecule has 0 atom stereocenters. The standard InChI is InChI=1S/C20H23N5O2/c1-23(14-19-22-16-5-3-4-6-18(16)24(19)2)20(26)17-13-15(7-8-21-17)25-9-11-27-12-10-25/h3-8,13H,9-12,14H2,1-2H3. The molecule has 7 nitrogen and oxygen atoms in total. The maximum Gasteiger partial charge on any atom is 0.272 e. The molecule has 2 aromatic heterocycles. The highest BCUT2D eigenvalue weighted by Crippen LogP contribution is 2.18. The maximum absolute atomic E-state index is 12.9. The molecule has 1 saturated heterocycles. The van der Waals surface area contributed by atoms with Crippen LogP contribution in [0.25, 0.3) is 11.0 Å². The number of hydrogen-bond acceptors (Lipinski definition) is 5. The molecule has 0 spiro atoms. The Hall–Kier alpha value is -2.93. The van der Waals surface area contributed by atoms with E-state index in [0.717, 1.165) is 35.6 Å². The minimum absolute atomic E-state index is 0.114. The van der Waals surface area contributed by atoms with Crippen molar-refractivity contribution < 1.29 is 9.53 Å². The van der Waals surface area contributed by atoms with E-state index in [1.165, 1.54) is 0 Å². The fraction of sp³-hybridized carbons (Fsp3) is 0.350. The highest BCUT2D eigenvalue weighted by molar-refractivity contribution is 5.93. The summed E-state index contributed by atoms with van der Waals surface area (Å²) in [5.74, 6) is 0.730. The topological polar surface area (TPSA) is 63.5 Å². The lowest BCUT2D eigenvalue weighted by atomic mass is 10.2. The van der Waals surface area contributed by atoms with Gasteiger partial charge >= 0.3 is 0 Å². The molecular formula is C20H23N5O2. The molecule has 1 aliphatic heterocycles. The normalized spacial score (nSPS) is 14.5. The van der Waals surface area contributed by atoms with Crippen LogP contribution in [-0.4, -0.2) is 58.7 Å². The van der Waals surface area contributed by atoms with Gasteiger partial charge in [-0.15, -0.1) is 0 Å². The Labute approximate surface area is 158 Å². The molecule has 27 heavy (non-hydrogen) atoms. The van der Waals surface area contributed by atoms with Crippen LogP contribution in [0.4, 0.5) is 5.69 Å². The highest BCUT2D eigenvalue weighted by atomic mass is 16.5. The summed E-state index contributed by atoms with van der Waals surface area (Å²) in [6.07, 6.45) is 1.70. The van der Waals surface area contributed by atoms with Gasteiger partial charge in [0.25, 0.3) is 5.91 Å². The van der Waals surface area contributed by atoms with E-state index in [1.807, 2.05) is 48.0 Å². The van der Waals surface area contributed by atoms with E-state index in [2.05, 4.69) is 14.9 Å². The summed E-state index contributed by atoms with van der Waals surface area (Å²) >= 11 is 0. The number of aromatic nitrogens is 3. The SMILES string of the molecule is CN(Cc1nc2ccccc2n1C)C(=O)c1cc(N2CCOCC2)ccn1. The molecule has 0 saturated carbocycles. The summed E-state index contributed by atoms with van der Waals surface area (Å²) in [7, 11) is 3.76. The van der Waals surface area contributed by atoms with E-state index >= 15 is 0 Å². The molecule has 1 fully saturated rings. The first-order chi connectivity index (χ1) is 13.1. The van der Waals surface area contributed by atoms with Crippen LogP contribution in [0.2, 0.25) is 0 Å². The van der Waals surface area contributed by atoms with Crippen molar-refractivity contribution in [2.75, 3.05) is 38.3 Å². The number of carbonyl (C=O) groups is 1. The van der Waals surface area contributed by atoms with Gasteiger partial charge in [0.05, 0.1) is 30.8 Å². The molecule has 0 N–H and O–H groups in total. The number of aryl methyl sites for hydroxylation is 1. The molecule has 3 aromatic rings. The number of ether oxygens (including phenoxy) is 1. The molecule has 3 heterocycles. The van der Waals surface area contributed by atoms with Crippen molar-refractivity contribution >= 4 is 22.6 Å². The predicted octanol–water partition coefficient (Wildman–Crippen LogP) is 2.08. The van der Waals surface area contributed by atoms with E-state index in [1.54, 1.807) is 18.1 Å². The van der Waals surface area contributed by atoms with Gasteiger partial charge in [0.1, 0.15) is 11.5 Å². The van der Waals surface area contributed by atoms with E-state index in [4.69, 9.17) is 4.74 Å². The zero-order chi connectivity index (χ0) is 18.8. The van der Waals surface area contributed by atoms with Gasteiger partial charge in [-0.05, 0) is 24.3 Å². The Morgan fingerprint density at radius 2 is 2.00 bits per heavy atom. The van der Waals surface area contributed by atoms with Crippen molar-refractivity contribution in [3.8, 4) is 0 Å². The van der Waals surface area contributed by atoms with Gasteiger partial charge in [0.15, 0.2) is 0 Å². The number of anilines is 1. The number of nitrogens with zero attached hydrogens (tertiary/aromatic N) is 5. The van der Waals surface area contributed by atoms with Gasteiger partial charge in [-0.1, -0.05) is 12.1 Å².